The van der Waals surface area contributed by atoms with E-state index in [1.54, 1.807) is 49.5 Å². The molecule has 2 N–H and O–H groups in total. The minimum Gasteiger partial charge on any atom is -0.255 e. The third-order valence-corrected chi connectivity index (χ3v) is 3.54. The monoisotopic (exact) mass is 383 g/mol. The second-order valence-corrected chi connectivity index (χ2v) is 5.40. The summed E-state index contributed by atoms with van der Waals surface area (Å²) in [5.74, 6) is 0. The molecule has 0 fully saturated rings. The van der Waals surface area contributed by atoms with Gasteiger partial charge in [-0.1, -0.05) is 6.07 Å². The van der Waals surface area contributed by atoms with Crippen LogP contribution < -0.4 is 15.9 Å². The summed E-state index contributed by atoms with van der Waals surface area (Å²) in [6.07, 6.45) is 1.65. The van der Waals surface area contributed by atoms with Crippen LogP contribution in [0.2, 0.25) is 0 Å². The fraction of sp³-hybridized carbons (Fsp3) is 0.0625. The lowest BCUT2D eigenvalue weighted by molar-refractivity contribution is 0.250. The van der Waals surface area contributed by atoms with E-state index < -0.39 is 6.03 Å². The average molecular weight is 383 g/mol. The topological polar surface area (TPSA) is 106 Å². The number of benzene rings is 1. The SMILES string of the molecule is CC(=NNC(=S)N(NC(=O)N=S)c1ccc(C#N)cc1)c1ccccn1. The molecule has 0 saturated carbocycles. The highest BCUT2D eigenvalue weighted by Crippen LogP contribution is 2.14. The number of hydrazone groups is 1. The Hall–Kier alpha value is -3.29. The van der Waals surface area contributed by atoms with E-state index in [1.807, 2.05) is 12.1 Å². The highest BCUT2D eigenvalue weighted by Gasteiger charge is 2.15. The van der Waals surface area contributed by atoms with Crippen molar-refractivity contribution in [2.45, 2.75) is 6.92 Å². The van der Waals surface area contributed by atoms with E-state index in [4.69, 9.17) is 17.5 Å². The van der Waals surface area contributed by atoms with Crippen molar-refractivity contribution in [3.63, 3.8) is 0 Å². The number of hydrazine groups is 1. The molecule has 1 aromatic heterocycles. The van der Waals surface area contributed by atoms with Crippen LogP contribution in [0.4, 0.5) is 10.5 Å². The van der Waals surface area contributed by atoms with Crippen molar-refractivity contribution in [1.29, 1.82) is 5.26 Å². The Morgan fingerprint density at radius 3 is 2.58 bits per heavy atom. The molecule has 26 heavy (non-hydrogen) atoms. The number of rotatable bonds is 3. The van der Waals surface area contributed by atoms with E-state index in [2.05, 4.69) is 37.7 Å². The van der Waals surface area contributed by atoms with Gasteiger partial charge in [0.1, 0.15) is 0 Å². The van der Waals surface area contributed by atoms with E-state index in [9.17, 15) is 4.79 Å². The number of carbonyl (C=O) groups is 1. The summed E-state index contributed by atoms with van der Waals surface area (Å²) < 4.78 is 3.12. The van der Waals surface area contributed by atoms with Gasteiger partial charge in [0.2, 0.25) is 5.11 Å². The summed E-state index contributed by atoms with van der Waals surface area (Å²) in [5.41, 5.74) is 7.37. The van der Waals surface area contributed by atoms with Crippen molar-refractivity contribution in [2.24, 2.45) is 9.46 Å². The number of hydrogen-bond acceptors (Lipinski definition) is 6. The molecule has 0 aliphatic carbocycles. The van der Waals surface area contributed by atoms with E-state index in [0.29, 0.717) is 22.7 Å². The third kappa shape index (κ3) is 5.10. The van der Waals surface area contributed by atoms with Crippen molar-refractivity contribution in [2.75, 3.05) is 5.01 Å². The predicted octanol–water partition coefficient (Wildman–Crippen LogP) is 2.41. The number of pyridine rings is 1. The zero-order valence-corrected chi connectivity index (χ0v) is 15.2. The maximum absolute atomic E-state index is 11.6. The number of amides is 2. The number of hydrogen-bond donors (Lipinski definition) is 2. The quantitative estimate of drug-likeness (QED) is 0.476. The van der Waals surface area contributed by atoms with Crippen molar-refractivity contribution in [3.8, 4) is 6.07 Å². The summed E-state index contributed by atoms with van der Waals surface area (Å²) in [6, 6.07) is 13.1. The molecular weight excluding hydrogens is 370 g/mol. The molecule has 0 aliphatic heterocycles. The van der Waals surface area contributed by atoms with Gasteiger partial charge in [0.05, 0.1) is 28.7 Å². The molecule has 2 rings (SSSR count). The number of carbonyl (C=O) groups excluding carboxylic acids is 1. The van der Waals surface area contributed by atoms with Crippen LogP contribution in [0, 0.1) is 11.3 Å². The number of nitrogens with zero attached hydrogens (tertiary/aromatic N) is 5. The molecule has 0 spiro atoms. The lowest BCUT2D eigenvalue weighted by Gasteiger charge is -2.23. The maximum Gasteiger partial charge on any atom is 0.371 e. The van der Waals surface area contributed by atoms with Gasteiger partial charge in [-0.15, -0.1) is 4.36 Å². The van der Waals surface area contributed by atoms with Gasteiger partial charge in [0, 0.05) is 18.6 Å². The van der Waals surface area contributed by atoms with Crippen LogP contribution in [0.1, 0.15) is 18.2 Å². The van der Waals surface area contributed by atoms with Gasteiger partial charge in [-0.3, -0.25) is 10.4 Å². The number of thiocarbonyl (C=S) groups is 1. The van der Waals surface area contributed by atoms with Crippen molar-refractivity contribution < 1.29 is 4.79 Å². The molecule has 1 aromatic carbocycles. The minimum atomic E-state index is -0.765. The van der Waals surface area contributed by atoms with Crippen LogP contribution in [-0.4, -0.2) is 21.8 Å². The second kappa shape index (κ2) is 9.26. The Kier molecular flexibility index (Phi) is 6.78. The summed E-state index contributed by atoms with van der Waals surface area (Å²) >= 11 is 9.67. The lowest BCUT2D eigenvalue weighted by Crippen LogP contribution is -2.49. The number of anilines is 1. The van der Waals surface area contributed by atoms with Crippen LogP contribution in [-0.2, 0) is 12.4 Å². The first-order valence-corrected chi connectivity index (χ1v) is 8.02. The number of nitriles is 1. The zero-order valence-electron chi connectivity index (χ0n) is 13.6. The molecule has 1 heterocycles. The Morgan fingerprint density at radius 2 is 2.00 bits per heavy atom. The summed E-state index contributed by atoms with van der Waals surface area (Å²) in [4.78, 5) is 15.8. The Bertz CT molecular complexity index is 876. The van der Waals surface area contributed by atoms with Crippen LogP contribution >= 0.6 is 12.2 Å². The van der Waals surface area contributed by atoms with E-state index in [-0.39, 0.29) is 5.11 Å². The van der Waals surface area contributed by atoms with E-state index in [1.165, 1.54) is 5.01 Å². The van der Waals surface area contributed by atoms with Crippen LogP contribution in [0.3, 0.4) is 0 Å². The first-order valence-electron chi connectivity index (χ1n) is 7.25. The second-order valence-electron chi connectivity index (χ2n) is 4.83. The van der Waals surface area contributed by atoms with Gasteiger partial charge in [-0.2, -0.15) is 10.4 Å². The number of aromatic nitrogens is 1. The zero-order chi connectivity index (χ0) is 18.9. The highest BCUT2D eigenvalue weighted by molar-refractivity contribution is 7.80. The van der Waals surface area contributed by atoms with E-state index in [0.717, 1.165) is 0 Å². The van der Waals surface area contributed by atoms with Gasteiger partial charge in [0.25, 0.3) is 0 Å². The molecule has 0 radical (unpaired) electrons. The smallest absolute Gasteiger partial charge is 0.255 e. The number of nitrogens with one attached hydrogen (secondary N) is 2. The lowest BCUT2D eigenvalue weighted by atomic mass is 10.2. The molecule has 0 aliphatic rings. The average Bonchev–Trinajstić information content (AvgIpc) is 2.70. The fourth-order valence-corrected chi connectivity index (χ4v) is 2.09. The molecule has 0 saturated heterocycles. The Balaban J connectivity index is 2.21. The molecule has 0 atom stereocenters. The highest BCUT2D eigenvalue weighted by atomic mass is 32.1. The predicted molar refractivity (Wildman–Crippen MR) is 104 cm³/mol. The minimum absolute atomic E-state index is 0.0805. The maximum atomic E-state index is 11.6. The molecule has 0 bridgehead atoms. The molecule has 8 nitrogen and oxygen atoms in total. The first kappa shape index (κ1) is 19.0. The third-order valence-electron chi connectivity index (χ3n) is 3.10. The van der Waals surface area contributed by atoms with Crippen molar-refractivity contribution in [1.82, 2.24) is 15.8 Å². The molecule has 0 unspecified atom stereocenters. The summed E-state index contributed by atoms with van der Waals surface area (Å²) in [5, 5.41) is 14.4. The van der Waals surface area contributed by atoms with Gasteiger partial charge in [-0.25, -0.2) is 15.2 Å². The van der Waals surface area contributed by atoms with Crippen LogP contribution in [0.5, 0.6) is 0 Å². The van der Waals surface area contributed by atoms with Crippen molar-refractivity contribution in [3.05, 3.63) is 59.9 Å². The standard InChI is InChI=1S/C16H13N7OS2/c1-11(14-4-2-3-9-18-14)19-20-16(25)23(21-15(24)22-26)13-7-5-12(10-17)6-8-13/h2-9H,1H3,(H,20,25)(H,21,24). The van der Waals surface area contributed by atoms with Gasteiger partial charge < -0.3 is 0 Å². The largest absolute Gasteiger partial charge is 0.371 e. The van der Waals surface area contributed by atoms with Crippen LogP contribution in [0.25, 0.3) is 0 Å². The normalized spacial score (nSPS) is 10.4. The molecule has 2 aromatic rings. The molecular formula is C16H13N7OS2. The summed E-state index contributed by atoms with van der Waals surface area (Å²) in [6.45, 7) is 1.77. The first-order chi connectivity index (χ1) is 12.5. The molecule has 2 amide bonds. The Labute approximate surface area is 160 Å². The molecule has 130 valence electrons. The van der Waals surface area contributed by atoms with Crippen LogP contribution in [0.15, 0.2) is 58.1 Å². The number of urea groups is 1. The van der Waals surface area contributed by atoms with Crippen molar-refractivity contribution >= 4 is 47.2 Å². The van der Waals surface area contributed by atoms with Gasteiger partial charge in [-0.05, 0) is 55.5 Å². The van der Waals surface area contributed by atoms with Gasteiger partial charge >= 0.3 is 6.03 Å². The Morgan fingerprint density at radius 1 is 1.27 bits per heavy atom. The fourth-order valence-electron chi connectivity index (χ4n) is 1.85. The van der Waals surface area contributed by atoms with Gasteiger partial charge in [0.15, 0.2) is 0 Å². The van der Waals surface area contributed by atoms with E-state index >= 15 is 0 Å². The molecule has 10 heteroatoms. The summed E-state index contributed by atoms with van der Waals surface area (Å²) in [7, 11) is 0.